The van der Waals surface area contributed by atoms with Crippen LogP contribution in [-0.4, -0.2) is 51.4 Å². The molecule has 29 heavy (non-hydrogen) atoms. The summed E-state index contributed by atoms with van der Waals surface area (Å²) < 4.78 is 26.5. The Morgan fingerprint density at radius 3 is 2.41 bits per heavy atom. The summed E-state index contributed by atoms with van der Waals surface area (Å²) in [6.07, 6.45) is 1.60. The number of sulfonamides is 1. The number of amides is 1. The van der Waals surface area contributed by atoms with E-state index in [1.807, 2.05) is 30.3 Å². The summed E-state index contributed by atoms with van der Waals surface area (Å²) >= 11 is 11.8. The molecular formula is C20H22Cl2N3O3S+. The Labute approximate surface area is 180 Å². The second-order valence-electron chi connectivity index (χ2n) is 6.76. The van der Waals surface area contributed by atoms with Gasteiger partial charge in [-0.05, 0) is 29.8 Å². The Kier molecular flexibility index (Phi) is 7.32. The zero-order valence-corrected chi connectivity index (χ0v) is 18.0. The van der Waals surface area contributed by atoms with Crippen LogP contribution in [0.15, 0.2) is 53.9 Å². The van der Waals surface area contributed by atoms with Crippen molar-refractivity contribution in [3.63, 3.8) is 0 Å². The second kappa shape index (κ2) is 9.73. The van der Waals surface area contributed by atoms with Crippen LogP contribution in [0.25, 0.3) is 6.08 Å². The van der Waals surface area contributed by atoms with Crippen molar-refractivity contribution in [2.24, 2.45) is 0 Å². The number of halogens is 2. The van der Waals surface area contributed by atoms with Crippen molar-refractivity contribution < 1.29 is 18.1 Å². The van der Waals surface area contributed by atoms with Crippen LogP contribution in [0.1, 0.15) is 5.56 Å². The smallest absolute Gasteiger partial charge is 0.279 e. The number of anilines is 1. The van der Waals surface area contributed by atoms with Gasteiger partial charge in [-0.2, -0.15) is 4.31 Å². The molecule has 0 saturated carbocycles. The molecule has 1 aliphatic heterocycles. The zero-order valence-electron chi connectivity index (χ0n) is 15.6. The molecule has 0 radical (unpaired) electrons. The number of piperazine rings is 1. The molecule has 1 heterocycles. The molecule has 0 atom stereocenters. The third kappa shape index (κ3) is 6.29. The molecule has 0 aromatic heterocycles. The van der Waals surface area contributed by atoms with E-state index in [0.717, 1.165) is 10.5 Å². The number of carbonyl (C=O) groups excluding carboxylic acids is 1. The molecule has 1 saturated heterocycles. The first-order valence-electron chi connectivity index (χ1n) is 9.15. The number of nitrogens with zero attached hydrogens (tertiary/aromatic N) is 1. The minimum Gasteiger partial charge on any atom is -0.325 e. The SMILES string of the molecule is O=C(C[NH+]1CCN(S(=O)(=O)/C=C/c2ccccc2)CC1)Nc1ccc(Cl)c(Cl)c1. The minimum absolute atomic E-state index is 0.154. The second-order valence-corrected chi connectivity index (χ2v) is 9.39. The van der Waals surface area contributed by atoms with Gasteiger partial charge in [-0.3, -0.25) is 4.79 Å². The van der Waals surface area contributed by atoms with Gasteiger partial charge in [0.2, 0.25) is 10.0 Å². The van der Waals surface area contributed by atoms with Gasteiger partial charge in [-0.25, -0.2) is 8.42 Å². The molecule has 6 nitrogen and oxygen atoms in total. The molecule has 0 unspecified atom stereocenters. The van der Waals surface area contributed by atoms with E-state index >= 15 is 0 Å². The third-order valence-corrected chi connectivity index (χ3v) is 6.94. The predicted molar refractivity (Wildman–Crippen MR) is 117 cm³/mol. The van der Waals surface area contributed by atoms with Crippen LogP contribution in [0, 0.1) is 0 Å². The van der Waals surface area contributed by atoms with Crippen molar-refractivity contribution in [1.82, 2.24) is 4.31 Å². The van der Waals surface area contributed by atoms with Crippen LogP contribution in [0.4, 0.5) is 5.69 Å². The van der Waals surface area contributed by atoms with Crippen molar-refractivity contribution >= 4 is 50.9 Å². The highest BCUT2D eigenvalue weighted by Gasteiger charge is 2.28. The Morgan fingerprint density at radius 1 is 1.07 bits per heavy atom. The number of hydrogen-bond acceptors (Lipinski definition) is 3. The summed E-state index contributed by atoms with van der Waals surface area (Å²) in [6.45, 7) is 2.13. The Balaban J connectivity index is 1.50. The first-order valence-corrected chi connectivity index (χ1v) is 11.4. The summed E-state index contributed by atoms with van der Waals surface area (Å²) in [4.78, 5) is 13.3. The molecule has 0 bridgehead atoms. The van der Waals surface area contributed by atoms with Gasteiger partial charge in [0.25, 0.3) is 5.91 Å². The fraction of sp³-hybridized carbons (Fsp3) is 0.250. The molecule has 2 aromatic carbocycles. The van der Waals surface area contributed by atoms with E-state index in [-0.39, 0.29) is 12.5 Å². The summed E-state index contributed by atoms with van der Waals surface area (Å²) in [7, 11) is -3.48. The first kappa shape index (κ1) is 21.8. The van der Waals surface area contributed by atoms with Crippen LogP contribution >= 0.6 is 23.2 Å². The molecule has 1 amide bonds. The fourth-order valence-electron chi connectivity index (χ4n) is 3.05. The fourth-order valence-corrected chi connectivity index (χ4v) is 4.55. The molecule has 154 valence electrons. The van der Waals surface area contributed by atoms with Gasteiger partial charge in [0.05, 0.1) is 36.2 Å². The topological polar surface area (TPSA) is 70.9 Å². The normalized spacial score (nSPS) is 16.2. The molecule has 0 aliphatic carbocycles. The summed E-state index contributed by atoms with van der Waals surface area (Å²) in [5.74, 6) is -0.154. The molecule has 1 fully saturated rings. The van der Waals surface area contributed by atoms with Crippen LogP contribution in [-0.2, 0) is 14.8 Å². The standard InChI is InChI=1S/C20H21Cl2N3O3S/c21-18-7-6-17(14-19(18)22)23-20(26)15-24-9-11-25(12-10-24)29(27,28)13-8-16-4-2-1-3-5-16/h1-8,13-14H,9-12,15H2,(H,23,26)/p+1/b13-8+. The summed E-state index contributed by atoms with van der Waals surface area (Å²) in [5.41, 5.74) is 1.41. The van der Waals surface area contributed by atoms with Crippen LogP contribution in [0.2, 0.25) is 10.0 Å². The highest BCUT2D eigenvalue weighted by molar-refractivity contribution is 7.92. The van der Waals surface area contributed by atoms with E-state index in [4.69, 9.17) is 23.2 Å². The lowest BCUT2D eigenvalue weighted by Gasteiger charge is -2.30. The van der Waals surface area contributed by atoms with Crippen LogP contribution < -0.4 is 10.2 Å². The highest BCUT2D eigenvalue weighted by atomic mass is 35.5. The minimum atomic E-state index is -3.48. The number of benzene rings is 2. The maximum Gasteiger partial charge on any atom is 0.279 e. The van der Waals surface area contributed by atoms with E-state index in [1.165, 1.54) is 9.71 Å². The predicted octanol–water partition coefficient (Wildman–Crippen LogP) is 2.13. The molecule has 1 aliphatic rings. The Bertz CT molecular complexity index is 989. The molecule has 3 rings (SSSR count). The van der Waals surface area contributed by atoms with Crippen molar-refractivity contribution in [2.75, 3.05) is 38.0 Å². The monoisotopic (exact) mass is 454 g/mol. The number of quaternary nitrogens is 1. The van der Waals surface area contributed by atoms with Crippen LogP contribution in [0.5, 0.6) is 0 Å². The molecule has 9 heteroatoms. The van der Waals surface area contributed by atoms with E-state index < -0.39 is 10.0 Å². The Morgan fingerprint density at radius 2 is 1.76 bits per heavy atom. The van der Waals surface area contributed by atoms with Gasteiger partial charge in [-0.1, -0.05) is 53.5 Å². The zero-order chi connectivity index (χ0) is 20.9. The number of nitrogens with one attached hydrogen (secondary N) is 2. The van der Waals surface area contributed by atoms with Crippen molar-refractivity contribution in [3.05, 3.63) is 69.5 Å². The molecular weight excluding hydrogens is 433 g/mol. The Hall–Kier alpha value is -1.90. The molecule has 0 spiro atoms. The van der Waals surface area contributed by atoms with Crippen molar-refractivity contribution in [3.8, 4) is 0 Å². The summed E-state index contributed by atoms with van der Waals surface area (Å²) in [6, 6.07) is 14.2. The summed E-state index contributed by atoms with van der Waals surface area (Å²) in [5, 5.41) is 4.83. The lowest BCUT2D eigenvalue weighted by Crippen LogP contribution is -3.15. The number of carbonyl (C=O) groups is 1. The van der Waals surface area contributed by atoms with Gasteiger partial charge in [0.15, 0.2) is 6.54 Å². The largest absolute Gasteiger partial charge is 0.325 e. The highest BCUT2D eigenvalue weighted by Crippen LogP contribution is 2.24. The maximum absolute atomic E-state index is 12.5. The maximum atomic E-state index is 12.5. The van der Waals surface area contributed by atoms with Gasteiger partial charge in [-0.15, -0.1) is 0 Å². The van der Waals surface area contributed by atoms with E-state index in [9.17, 15) is 13.2 Å². The van der Waals surface area contributed by atoms with E-state index in [1.54, 1.807) is 24.3 Å². The number of rotatable bonds is 6. The first-order chi connectivity index (χ1) is 13.8. The average molecular weight is 455 g/mol. The quantitative estimate of drug-likeness (QED) is 0.702. The van der Waals surface area contributed by atoms with E-state index in [0.29, 0.717) is 41.9 Å². The third-order valence-electron chi connectivity index (χ3n) is 4.64. The van der Waals surface area contributed by atoms with Gasteiger partial charge in [0.1, 0.15) is 0 Å². The van der Waals surface area contributed by atoms with Crippen LogP contribution in [0.3, 0.4) is 0 Å². The van der Waals surface area contributed by atoms with Crippen molar-refractivity contribution in [2.45, 2.75) is 0 Å². The lowest BCUT2D eigenvalue weighted by molar-refractivity contribution is -0.895. The van der Waals surface area contributed by atoms with Gasteiger partial charge < -0.3 is 10.2 Å². The molecule has 2 N–H and O–H groups in total. The van der Waals surface area contributed by atoms with Gasteiger partial charge >= 0.3 is 0 Å². The van der Waals surface area contributed by atoms with Gasteiger partial charge in [0, 0.05) is 11.1 Å². The average Bonchev–Trinajstić information content (AvgIpc) is 2.70. The van der Waals surface area contributed by atoms with E-state index in [2.05, 4.69) is 5.32 Å². The lowest BCUT2D eigenvalue weighted by atomic mass is 10.2. The molecule has 2 aromatic rings. The number of hydrogen-bond donors (Lipinski definition) is 2. The van der Waals surface area contributed by atoms with Crippen molar-refractivity contribution in [1.29, 1.82) is 0 Å².